The van der Waals surface area contributed by atoms with E-state index >= 15 is 0 Å². The van der Waals surface area contributed by atoms with Crippen LogP contribution in [0.3, 0.4) is 0 Å². The van der Waals surface area contributed by atoms with Crippen LogP contribution < -0.4 is 11.1 Å². The Balaban J connectivity index is 4.08. The fourth-order valence-corrected chi connectivity index (χ4v) is 1.00. The molecule has 0 aliphatic rings. The van der Waals surface area contributed by atoms with Gasteiger partial charge >= 0.3 is 0 Å². The van der Waals surface area contributed by atoms with E-state index in [2.05, 4.69) is 17.9 Å². The summed E-state index contributed by atoms with van der Waals surface area (Å²) in [5, 5.41) is 2.04. The molecular weight excluding hydrogens is 164 g/mol. The van der Waals surface area contributed by atoms with Crippen molar-refractivity contribution in [3.8, 4) is 0 Å². The number of thiol groups is 1. The number of nitrogens with one attached hydrogen (secondary N) is 1. The second-order valence-corrected chi connectivity index (χ2v) is 2.84. The summed E-state index contributed by atoms with van der Waals surface area (Å²) in [6.45, 7) is 1.65. The Morgan fingerprint density at radius 3 is 2.64 bits per heavy atom. The highest BCUT2D eigenvalue weighted by molar-refractivity contribution is 7.81. The lowest BCUT2D eigenvalue weighted by Crippen LogP contribution is -2.45. The van der Waals surface area contributed by atoms with Gasteiger partial charge in [-0.1, -0.05) is 0 Å². The van der Waals surface area contributed by atoms with Crippen LogP contribution in [0.25, 0.3) is 0 Å². The number of Topliss-reactive ketones (excluding diaryl/α,β-unsaturated/α-hetero) is 1. The summed E-state index contributed by atoms with van der Waals surface area (Å²) in [6, 6.07) is -0.569. The maximum Gasteiger partial charge on any atom is 0.207 e. The molecule has 0 aromatic rings. The number of rotatable bonds is 5. The summed E-state index contributed by atoms with van der Waals surface area (Å²) in [5.41, 5.74) is 5.26. The van der Waals surface area contributed by atoms with E-state index in [-0.39, 0.29) is 17.6 Å². The third-order valence-electron chi connectivity index (χ3n) is 1.31. The summed E-state index contributed by atoms with van der Waals surface area (Å²) < 4.78 is 0. The van der Waals surface area contributed by atoms with Crippen molar-refractivity contribution in [2.45, 2.75) is 18.2 Å². The molecule has 0 aromatic carbocycles. The number of hydrogen-bond donors (Lipinski definition) is 3. The second-order valence-electron chi connectivity index (χ2n) is 2.18. The fraction of sp³-hybridized carbons (Fsp3) is 0.667. The molecule has 0 spiro atoms. The monoisotopic (exact) mass is 176 g/mol. The van der Waals surface area contributed by atoms with Crippen molar-refractivity contribution in [1.29, 1.82) is 0 Å². The summed E-state index contributed by atoms with van der Waals surface area (Å²) in [5.74, 6) is -0.137. The third-order valence-corrected chi connectivity index (χ3v) is 1.82. The first-order chi connectivity index (χ1) is 5.13. The van der Waals surface area contributed by atoms with E-state index in [4.69, 9.17) is 5.73 Å². The van der Waals surface area contributed by atoms with Gasteiger partial charge in [0.05, 0.1) is 6.04 Å². The first-order valence-electron chi connectivity index (χ1n) is 3.21. The van der Waals surface area contributed by atoms with E-state index in [1.54, 1.807) is 0 Å². The number of amides is 1. The van der Waals surface area contributed by atoms with E-state index in [1.165, 1.54) is 6.92 Å². The van der Waals surface area contributed by atoms with Gasteiger partial charge in [-0.25, -0.2) is 0 Å². The second kappa shape index (κ2) is 5.15. The molecule has 0 fully saturated rings. The number of ketones is 1. The molecule has 11 heavy (non-hydrogen) atoms. The number of carbonyl (C=O) groups is 2. The molecule has 2 unspecified atom stereocenters. The summed E-state index contributed by atoms with van der Waals surface area (Å²) in [6.07, 6.45) is 0.477. The molecule has 2 atom stereocenters. The van der Waals surface area contributed by atoms with Gasteiger partial charge in [-0.15, -0.1) is 0 Å². The van der Waals surface area contributed by atoms with Crippen LogP contribution in [-0.2, 0) is 9.59 Å². The largest absolute Gasteiger partial charge is 0.348 e. The minimum absolute atomic E-state index is 0.137. The molecule has 1 amide bonds. The summed E-state index contributed by atoms with van der Waals surface area (Å²) in [4.78, 5) is 20.8. The van der Waals surface area contributed by atoms with E-state index in [1.807, 2.05) is 0 Å². The van der Waals surface area contributed by atoms with Gasteiger partial charge in [-0.05, 0) is 6.92 Å². The normalized spacial score (nSPS) is 15.2. The average molecular weight is 176 g/mol. The predicted molar refractivity (Wildman–Crippen MR) is 45.5 cm³/mol. The molecule has 0 heterocycles. The molecule has 64 valence electrons. The van der Waals surface area contributed by atoms with Crippen molar-refractivity contribution in [2.24, 2.45) is 5.73 Å². The molecule has 0 aromatic heterocycles. The molecule has 4 nitrogen and oxygen atoms in total. The molecule has 0 aliphatic carbocycles. The Labute approximate surface area is 70.9 Å². The van der Waals surface area contributed by atoms with Crippen molar-refractivity contribution in [1.82, 2.24) is 5.32 Å². The minimum atomic E-state index is -0.569. The number of nitrogens with two attached hydrogens (primary N) is 1. The van der Waals surface area contributed by atoms with Crippen molar-refractivity contribution < 1.29 is 9.59 Å². The van der Waals surface area contributed by atoms with Crippen molar-refractivity contribution in [3.05, 3.63) is 0 Å². The summed E-state index contributed by atoms with van der Waals surface area (Å²) >= 11 is 4.03. The van der Waals surface area contributed by atoms with Crippen LogP contribution in [0.2, 0.25) is 0 Å². The zero-order valence-electron chi connectivity index (χ0n) is 6.28. The third kappa shape index (κ3) is 3.38. The van der Waals surface area contributed by atoms with E-state index in [0.717, 1.165) is 0 Å². The molecular formula is C6H12N2O2S. The molecule has 0 saturated heterocycles. The van der Waals surface area contributed by atoms with Gasteiger partial charge in [0.1, 0.15) is 0 Å². The van der Waals surface area contributed by atoms with Crippen LogP contribution in [0, 0.1) is 0 Å². The fourth-order valence-electron chi connectivity index (χ4n) is 0.709. The predicted octanol–water partition coefficient (Wildman–Crippen LogP) is -1.05. The van der Waals surface area contributed by atoms with Gasteiger partial charge in [0, 0.05) is 11.8 Å². The molecule has 5 heteroatoms. The van der Waals surface area contributed by atoms with Gasteiger partial charge < -0.3 is 11.1 Å². The SMILES string of the molecule is CC(=O)C(NC=O)C(S)CN. The van der Waals surface area contributed by atoms with Gasteiger partial charge in [0.25, 0.3) is 0 Å². The summed E-state index contributed by atoms with van der Waals surface area (Å²) in [7, 11) is 0. The standard InChI is InChI=1S/C6H12N2O2S/c1-4(10)6(8-3-9)5(11)2-7/h3,5-6,11H,2,7H2,1H3,(H,8,9). The lowest BCUT2D eigenvalue weighted by atomic mass is 10.1. The molecule has 3 N–H and O–H groups in total. The average Bonchev–Trinajstić information content (AvgIpc) is 1.98. The quantitative estimate of drug-likeness (QED) is 0.369. The molecule has 0 saturated carbocycles. The highest BCUT2D eigenvalue weighted by Gasteiger charge is 2.19. The van der Waals surface area contributed by atoms with Gasteiger partial charge in [-0.2, -0.15) is 12.6 Å². The molecule has 0 aliphatic heterocycles. The Morgan fingerprint density at radius 1 is 1.82 bits per heavy atom. The maximum atomic E-state index is 10.8. The lowest BCUT2D eigenvalue weighted by Gasteiger charge is -2.17. The van der Waals surface area contributed by atoms with Crippen molar-refractivity contribution >= 4 is 24.8 Å². The Bertz CT molecular complexity index is 152. The maximum absolute atomic E-state index is 10.8. The first kappa shape index (κ1) is 10.4. The smallest absolute Gasteiger partial charge is 0.207 e. The van der Waals surface area contributed by atoms with Crippen molar-refractivity contribution in [2.75, 3.05) is 6.54 Å². The van der Waals surface area contributed by atoms with Crippen LogP contribution in [0.1, 0.15) is 6.92 Å². The Hall–Kier alpha value is -0.550. The van der Waals surface area contributed by atoms with Gasteiger partial charge in [-0.3, -0.25) is 9.59 Å². The molecule has 0 bridgehead atoms. The van der Waals surface area contributed by atoms with Gasteiger partial charge in [0.15, 0.2) is 5.78 Å². The molecule has 0 radical (unpaired) electrons. The highest BCUT2D eigenvalue weighted by atomic mass is 32.1. The van der Waals surface area contributed by atoms with Crippen molar-refractivity contribution in [3.63, 3.8) is 0 Å². The zero-order valence-corrected chi connectivity index (χ0v) is 7.17. The zero-order chi connectivity index (χ0) is 8.85. The lowest BCUT2D eigenvalue weighted by molar-refractivity contribution is -0.121. The van der Waals surface area contributed by atoms with Gasteiger partial charge in [0.2, 0.25) is 6.41 Å². The Kier molecular flexibility index (Phi) is 4.89. The van der Waals surface area contributed by atoms with Crippen LogP contribution >= 0.6 is 12.6 Å². The topological polar surface area (TPSA) is 72.2 Å². The van der Waals surface area contributed by atoms with E-state index in [9.17, 15) is 9.59 Å². The van der Waals surface area contributed by atoms with Crippen LogP contribution in [0.15, 0.2) is 0 Å². The number of hydrogen-bond acceptors (Lipinski definition) is 4. The Morgan fingerprint density at radius 2 is 2.36 bits per heavy atom. The van der Waals surface area contributed by atoms with E-state index in [0.29, 0.717) is 6.41 Å². The van der Waals surface area contributed by atoms with Crippen LogP contribution in [0.5, 0.6) is 0 Å². The minimum Gasteiger partial charge on any atom is -0.348 e. The van der Waals surface area contributed by atoms with E-state index < -0.39 is 6.04 Å². The number of carbonyl (C=O) groups excluding carboxylic acids is 2. The first-order valence-corrected chi connectivity index (χ1v) is 3.73. The van der Waals surface area contributed by atoms with Crippen LogP contribution in [-0.4, -0.2) is 30.0 Å². The van der Waals surface area contributed by atoms with Crippen LogP contribution in [0.4, 0.5) is 0 Å². The highest BCUT2D eigenvalue weighted by Crippen LogP contribution is 2.00. The molecule has 0 rings (SSSR count).